The smallest absolute Gasteiger partial charge is 0.219 e. The average Bonchev–Trinajstić information content (AvgIpc) is 0.902. The highest BCUT2D eigenvalue weighted by Crippen LogP contribution is 2.10. The van der Waals surface area contributed by atoms with Crippen LogP contribution in [-0.2, 0) is 126 Å². The summed E-state index contributed by atoms with van der Waals surface area (Å²) >= 11 is 0. The van der Waals surface area contributed by atoms with Gasteiger partial charge in [-0.3, -0.25) is 19.9 Å². The van der Waals surface area contributed by atoms with Crippen molar-refractivity contribution in [1.29, 1.82) is 0 Å². The van der Waals surface area contributed by atoms with Crippen LogP contribution in [0.5, 0.6) is 0 Å². The van der Waals surface area contributed by atoms with E-state index in [0.717, 1.165) is 33.4 Å². The van der Waals surface area contributed by atoms with Crippen molar-refractivity contribution in [1.82, 2.24) is 97.6 Å². The molecule has 0 atom stereocenters. The maximum atomic E-state index is 11.5. The molecule has 44 heteroatoms. The number of aromatic nitrogens is 12. The molecule has 8 rings (SSSR count). The number of nitrogens with zero attached hydrogens (tertiary/aromatic N) is 12. The molecule has 0 saturated heterocycles. The van der Waals surface area contributed by atoms with E-state index in [-0.39, 0.29) is 94.4 Å². The number of nitrogens with one attached hydrogen (secondary N) is 8. The standard InChI is InChI=1S/3C10H16N2O2S.3C9H15N3O2S.C9H14N2O2S.C8H13N3O2S/c3*1-8(2)12-15(13,14)7-10-5-4-9(3)6-11-10;3*1-7(2)12-15(13,14)6-9-10-4-8(3)5-11-9;1-8(2)11-14(12,13)7-9-5-3-4-6-10-9;1-7(2)11-14(12,13)6-8-9-4-3-5-10-8/h3*4-6,8,12H,7H2,1-3H3;3*4-5,7,12H,6H2,1-3H3;3-6,8,11H,7H2,1-2H3;3-5,7,11H,6H2,1-2H3. The molecular weight excluding hydrogens is 1680 g/mol. The Labute approximate surface area is 701 Å². The van der Waals surface area contributed by atoms with E-state index >= 15 is 0 Å². The van der Waals surface area contributed by atoms with Gasteiger partial charge in [-0.05, 0) is 222 Å². The average molecular weight is 1800 g/mol. The van der Waals surface area contributed by atoms with Crippen molar-refractivity contribution in [2.24, 2.45) is 0 Å². The van der Waals surface area contributed by atoms with Crippen LogP contribution in [0.1, 0.15) is 190 Å². The molecule has 660 valence electrons. The van der Waals surface area contributed by atoms with Gasteiger partial charge in [0.15, 0.2) is 0 Å². The lowest BCUT2D eigenvalue weighted by Gasteiger charge is -2.08. The molecule has 0 saturated carbocycles. The second kappa shape index (κ2) is 52.4. The Morgan fingerprint density at radius 2 is 0.381 bits per heavy atom. The summed E-state index contributed by atoms with van der Waals surface area (Å²) in [5.41, 5.74) is 8.04. The Kier molecular flexibility index (Phi) is 48.1. The highest BCUT2D eigenvalue weighted by atomic mass is 32.2. The Balaban J connectivity index is 0.000000674. The molecule has 0 amide bonds. The van der Waals surface area contributed by atoms with E-state index < -0.39 is 80.2 Å². The zero-order chi connectivity index (χ0) is 90.1. The minimum absolute atomic E-state index is 0.0635. The summed E-state index contributed by atoms with van der Waals surface area (Å²) in [7, 11) is -26.3. The van der Waals surface area contributed by atoms with Crippen molar-refractivity contribution in [2.75, 3.05) is 0 Å². The van der Waals surface area contributed by atoms with Gasteiger partial charge in [-0.25, -0.2) is 145 Å². The van der Waals surface area contributed by atoms with E-state index in [2.05, 4.69) is 97.6 Å². The number of sulfonamides is 8. The Morgan fingerprint density at radius 1 is 0.203 bits per heavy atom. The first kappa shape index (κ1) is 108. The lowest BCUT2D eigenvalue weighted by Crippen LogP contribution is -2.31. The molecule has 0 aromatic carbocycles. The van der Waals surface area contributed by atoms with Crippen LogP contribution in [0.2, 0.25) is 0 Å². The molecule has 8 aromatic heterocycles. The number of hydrogen-bond donors (Lipinski definition) is 8. The van der Waals surface area contributed by atoms with E-state index in [1.165, 1.54) is 12.4 Å². The van der Waals surface area contributed by atoms with Crippen molar-refractivity contribution in [3.8, 4) is 0 Å². The molecule has 0 unspecified atom stereocenters. The van der Waals surface area contributed by atoms with E-state index in [0.29, 0.717) is 46.1 Å². The Morgan fingerprint density at radius 3 is 0.559 bits per heavy atom. The molecule has 8 aromatic rings. The van der Waals surface area contributed by atoms with Gasteiger partial charge in [-0.1, -0.05) is 24.3 Å². The summed E-state index contributed by atoms with van der Waals surface area (Å²) in [4.78, 5) is 47.4. The van der Waals surface area contributed by atoms with Gasteiger partial charge < -0.3 is 0 Å². The summed E-state index contributed by atoms with van der Waals surface area (Å²) in [6, 6.07) is 16.9. The quantitative estimate of drug-likeness (QED) is 0.0217. The molecule has 0 aliphatic heterocycles. The first-order chi connectivity index (χ1) is 54.3. The highest BCUT2D eigenvalue weighted by molar-refractivity contribution is 7.90. The zero-order valence-corrected chi connectivity index (χ0v) is 77.7. The van der Waals surface area contributed by atoms with Crippen LogP contribution in [0.3, 0.4) is 0 Å². The third-order valence-corrected chi connectivity index (χ3v) is 24.6. The summed E-state index contributed by atoms with van der Waals surface area (Å²) in [5.74, 6) is 0.292. The van der Waals surface area contributed by atoms with E-state index in [1.807, 2.05) is 59.7 Å². The van der Waals surface area contributed by atoms with Gasteiger partial charge in [0.2, 0.25) is 80.2 Å². The second-order valence-corrected chi connectivity index (χ2v) is 43.3. The van der Waals surface area contributed by atoms with Gasteiger partial charge >= 0.3 is 0 Å². The van der Waals surface area contributed by atoms with Crippen LogP contribution in [0.25, 0.3) is 0 Å². The van der Waals surface area contributed by atoms with E-state index in [4.69, 9.17) is 0 Å². The minimum Gasteiger partial charge on any atom is -0.260 e. The normalized spacial score (nSPS) is 12.0. The molecule has 0 bridgehead atoms. The third kappa shape index (κ3) is 56.6. The van der Waals surface area contributed by atoms with Gasteiger partial charge in [0.25, 0.3) is 0 Å². The predicted molar refractivity (Wildman–Crippen MR) is 461 cm³/mol. The first-order valence-electron chi connectivity index (χ1n) is 37.1. The monoisotopic (exact) mass is 1800 g/mol. The van der Waals surface area contributed by atoms with Crippen LogP contribution < -0.4 is 37.8 Å². The molecule has 0 aliphatic rings. The van der Waals surface area contributed by atoms with Crippen molar-refractivity contribution in [3.05, 3.63) is 214 Å². The van der Waals surface area contributed by atoms with Crippen molar-refractivity contribution in [2.45, 2.75) is 247 Å². The second-order valence-electron chi connectivity index (χ2n) is 29.2. The molecule has 8 N–H and O–H groups in total. The highest BCUT2D eigenvalue weighted by Gasteiger charge is 2.21. The first-order valence-corrected chi connectivity index (χ1v) is 50.3. The van der Waals surface area contributed by atoms with Crippen LogP contribution in [0, 0.1) is 41.5 Å². The van der Waals surface area contributed by atoms with Crippen LogP contribution in [0.4, 0.5) is 0 Å². The number of pyridine rings is 4. The summed E-state index contributed by atoms with van der Waals surface area (Å²) in [5, 5.41) is 0. The van der Waals surface area contributed by atoms with Gasteiger partial charge in [-0.15, -0.1) is 0 Å². The lowest BCUT2D eigenvalue weighted by molar-refractivity contribution is 0.565. The lowest BCUT2D eigenvalue weighted by atomic mass is 10.3. The van der Waals surface area contributed by atoms with Gasteiger partial charge in [0.1, 0.15) is 69.3 Å². The fraction of sp³-hybridized carbons (Fsp3) is 0.514. The predicted octanol–water partition coefficient (Wildman–Crippen LogP) is 6.71. The summed E-state index contributed by atoms with van der Waals surface area (Å²) < 4.78 is 204. The van der Waals surface area contributed by atoms with Crippen LogP contribution in [-0.4, -0.2) is 175 Å². The maximum absolute atomic E-state index is 11.5. The van der Waals surface area contributed by atoms with Gasteiger partial charge in [0.05, 0.1) is 22.8 Å². The summed E-state index contributed by atoms with van der Waals surface area (Å²) in [6.45, 7) is 39.8. The largest absolute Gasteiger partial charge is 0.260 e. The van der Waals surface area contributed by atoms with Gasteiger partial charge in [-0.2, -0.15) is 0 Å². The molecule has 118 heavy (non-hydrogen) atoms. The maximum Gasteiger partial charge on any atom is 0.219 e. The van der Waals surface area contributed by atoms with Crippen molar-refractivity contribution in [3.63, 3.8) is 0 Å². The Hall–Kier alpha value is -7.80. The fourth-order valence-corrected chi connectivity index (χ4v) is 19.4. The fourth-order valence-electron chi connectivity index (χ4n) is 8.79. The number of rotatable bonds is 32. The number of aryl methyl sites for hydroxylation is 6. The molecule has 0 spiro atoms. The molecule has 36 nitrogen and oxygen atoms in total. The summed E-state index contributed by atoms with van der Waals surface area (Å²) in [6.07, 6.45) is 19.3. The van der Waals surface area contributed by atoms with Crippen LogP contribution >= 0.6 is 0 Å². The third-order valence-electron chi connectivity index (χ3n) is 12.7. The Bertz CT molecular complexity index is 4450. The topological polar surface area (TPSA) is 524 Å². The van der Waals surface area contributed by atoms with Crippen molar-refractivity contribution < 1.29 is 67.3 Å². The molecule has 8 heterocycles. The van der Waals surface area contributed by atoms with E-state index in [1.54, 1.807) is 215 Å². The molecule has 0 radical (unpaired) electrons. The van der Waals surface area contributed by atoms with Crippen LogP contribution in [0.15, 0.2) is 135 Å². The molecular formula is C74H120N20O16S8. The minimum atomic E-state index is -3.32. The molecule has 0 fully saturated rings. The van der Waals surface area contributed by atoms with E-state index in [9.17, 15) is 67.3 Å². The van der Waals surface area contributed by atoms with Gasteiger partial charge in [0, 0.05) is 123 Å². The SMILES string of the molecule is CC(C)NS(=O)(=O)Cc1ccccn1.CC(C)NS(=O)(=O)Cc1ncccn1.Cc1ccc(CS(=O)(=O)NC(C)C)nc1.Cc1ccc(CS(=O)(=O)NC(C)C)nc1.Cc1ccc(CS(=O)(=O)NC(C)C)nc1.Cc1cnc(CS(=O)(=O)NC(C)C)nc1.Cc1cnc(CS(=O)(=O)NC(C)C)nc1.Cc1cnc(CS(=O)(=O)NC(C)C)nc1. The molecule has 0 aliphatic carbocycles. The zero-order valence-electron chi connectivity index (χ0n) is 71.1. The van der Waals surface area contributed by atoms with Crippen molar-refractivity contribution >= 4 is 80.2 Å². The number of hydrogen-bond acceptors (Lipinski definition) is 28.